The molecule has 0 radical (unpaired) electrons. The Kier molecular flexibility index (Phi) is 4.87. The van der Waals surface area contributed by atoms with Crippen LogP contribution in [-0.4, -0.2) is 19.6 Å². The van der Waals surface area contributed by atoms with E-state index in [0.29, 0.717) is 12.1 Å². The van der Waals surface area contributed by atoms with E-state index in [-0.39, 0.29) is 0 Å². The Morgan fingerprint density at radius 3 is 2.58 bits per heavy atom. The summed E-state index contributed by atoms with van der Waals surface area (Å²) in [6.07, 6.45) is 3.98. The third kappa shape index (κ3) is 3.50. The fraction of sp³-hybridized carbons (Fsp3) is 0.647. The maximum atomic E-state index is 3.60. The first-order valence-electron chi connectivity index (χ1n) is 7.70. The molecule has 0 amide bonds. The number of benzene rings is 1. The van der Waals surface area contributed by atoms with Gasteiger partial charge in [-0.2, -0.15) is 0 Å². The smallest absolute Gasteiger partial charge is 0.0414 e. The van der Waals surface area contributed by atoms with E-state index in [1.807, 2.05) is 0 Å². The van der Waals surface area contributed by atoms with Crippen LogP contribution in [0.1, 0.15) is 51.6 Å². The molecular formula is C17H28N2. The van der Waals surface area contributed by atoms with Gasteiger partial charge < -0.3 is 10.2 Å². The van der Waals surface area contributed by atoms with Crippen LogP contribution in [0.5, 0.6) is 0 Å². The maximum absolute atomic E-state index is 3.60. The minimum atomic E-state index is 0.421. The zero-order valence-corrected chi connectivity index (χ0v) is 12.8. The van der Waals surface area contributed by atoms with Gasteiger partial charge in [-0.25, -0.2) is 0 Å². The van der Waals surface area contributed by atoms with E-state index in [1.165, 1.54) is 30.5 Å². The standard InChI is InChI=1S/C17H28N2/c1-5-12-18-13(2)16-8-6-7-9-17(16)19(4)14(3)15-10-11-15/h6-9,13-15,18H,5,10-12H2,1-4H3. The van der Waals surface area contributed by atoms with Crippen molar-refractivity contribution in [3.63, 3.8) is 0 Å². The van der Waals surface area contributed by atoms with Crippen LogP contribution in [0.2, 0.25) is 0 Å². The lowest BCUT2D eigenvalue weighted by atomic mass is 10.0. The lowest BCUT2D eigenvalue weighted by Crippen LogP contribution is -2.32. The van der Waals surface area contributed by atoms with Crippen molar-refractivity contribution in [3.8, 4) is 0 Å². The Morgan fingerprint density at radius 2 is 1.95 bits per heavy atom. The summed E-state index contributed by atoms with van der Waals surface area (Å²) < 4.78 is 0. The Bertz CT molecular complexity index is 398. The van der Waals surface area contributed by atoms with Gasteiger partial charge in [-0.3, -0.25) is 0 Å². The van der Waals surface area contributed by atoms with Crippen LogP contribution < -0.4 is 10.2 Å². The molecule has 2 rings (SSSR count). The lowest BCUT2D eigenvalue weighted by molar-refractivity contribution is 0.561. The van der Waals surface area contributed by atoms with Crippen molar-refractivity contribution in [1.29, 1.82) is 0 Å². The average Bonchev–Trinajstić information content (AvgIpc) is 3.27. The molecule has 106 valence electrons. The summed E-state index contributed by atoms with van der Waals surface area (Å²) in [5.74, 6) is 0.900. The lowest BCUT2D eigenvalue weighted by Gasteiger charge is -2.31. The van der Waals surface area contributed by atoms with Gasteiger partial charge in [0, 0.05) is 24.8 Å². The van der Waals surface area contributed by atoms with Crippen LogP contribution in [0.25, 0.3) is 0 Å². The maximum Gasteiger partial charge on any atom is 0.0414 e. The van der Waals surface area contributed by atoms with E-state index in [2.05, 4.69) is 62.3 Å². The Hall–Kier alpha value is -1.02. The number of para-hydroxylation sites is 1. The van der Waals surface area contributed by atoms with Crippen LogP contribution in [0.15, 0.2) is 24.3 Å². The first-order valence-corrected chi connectivity index (χ1v) is 7.70. The van der Waals surface area contributed by atoms with Crippen molar-refractivity contribution in [2.45, 2.75) is 52.1 Å². The second-order valence-electron chi connectivity index (χ2n) is 5.92. The summed E-state index contributed by atoms with van der Waals surface area (Å²) in [7, 11) is 2.24. The molecule has 2 unspecified atom stereocenters. The Balaban J connectivity index is 2.14. The molecule has 0 spiro atoms. The highest BCUT2D eigenvalue weighted by molar-refractivity contribution is 5.55. The molecule has 2 nitrogen and oxygen atoms in total. The Labute approximate surface area is 118 Å². The van der Waals surface area contributed by atoms with E-state index in [9.17, 15) is 0 Å². The molecule has 0 bridgehead atoms. The van der Waals surface area contributed by atoms with Crippen molar-refractivity contribution in [1.82, 2.24) is 5.32 Å². The number of rotatable bonds is 7. The quantitative estimate of drug-likeness (QED) is 0.797. The minimum absolute atomic E-state index is 0.421. The predicted octanol–water partition coefficient (Wildman–Crippen LogP) is 3.98. The van der Waals surface area contributed by atoms with Crippen LogP contribution in [0.4, 0.5) is 5.69 Å². The molecule has 1 aromatic carbocycles. The van der Waals surface area contributed by atoms with E-state index in [4.69, 9.17) is 0 Å². The largest absolute Gasteiger partial charge is 0.371 e. The molecule has 0 saturated heterocycles. The molecule has 0 aromatic heterocycles. The number of nitrogens with zero attached hydrogens (tertiary/aromatic N) is 1. The van der Waals surface area contributed by atoms with Crippen LogP contribution >= 0.6 is 0 Å². The number of anilines is 1. The highest BCUT2D eigenvalue weighted by Gasteiger charge is 2.31. The van der Waals surface area contributed by atoms with Gasteiger partial charge >= 0.3 is 0 Å². The summed E-state index contributed by atoms with van der Waals surface area (Å²) in [5.41, 5.74) is 2.81. The zero-order chi connectivity index (χ0) is 13.8. The molecule has 1 aliphatic carbocycles. The minimum Gasteiger partial charge on any atom is -0.371 e. The Morgan fingerprint density at radius 1 is 1.26 bits per heavy atom. The first kappa shape index (κ1) is 14.4. The van der Waals surface area contributed by atoms with Gasteiger partial charge in [0.15, 0.2) is 0 Å². The van der Waals surface area contributed by atoms with Crippen LogP contribution in [-0.2, 0) is 0 Å². The molecule has 1 fully saturated rings. The van der Waals surface area contributed by atoms with Gasteiger partial charge in [-0.15, -0.1) is 0 Å². The van der Waals surface area contributed by atoms with Gasteiger partial charge in [0.2, 0.25) is 0 Å². The van der Waals surface area contributed by atoms with E-state index >= 15 is 0 Å². The third-order valence-corrected chi connectivity index (χ3v) is 4.40. The molecule has 2 atom stereocenters. The van der Waals surface area contributed by atoms with E-state index in [0.717, 1.165) is 12.5 Å². The van der Waals surface area contributed by atoms with Gasteiger partial charge in [-0.1, -0.05) is 25.1 Å². The summed E-state index contributed by atoms with van der Waals surface area (Å²) >= 11 is 0. The monoisotopic (exact) mass is 260 g/mol. The summed E-state index contributed by atoms with van der Waals surface area (Å²) in [6.45, 7) is 7.92. The van der Waals surface area contributed by atoms with Crippen LogP contribution in [0.3, 0.4) is 0 Å². The average molecular weight is 260 g/mol. The summed E-state index contributed by atoms with van der Waals surface area (Å²) in [6, 6.07) is 9.90. The van der Waals surface area contributed by atoms with Crippen molar-refractivity contribution < 1.29 is 0 Å². The zero-order valence-electron chi connectivity index (χ0n) is 12.8. The van der Waals surface area contributed by atoms with Gasteiger partial charge in [0.1, 0.15) is 0 Å². The number of hydrogen-bond donors (Lipinski definition) is 1. The second-order valence-corrected chi connectivity index (χ2v) is 5.92. The topological polar surface area (TPSA) is 15.3 Å². The molecule has 1 N–H and O–H groups in total. The molecule has 1 saturated carbocycles. The first-order chi connectivity index (χ1) is 9.15. The van der Waals surface area contributed by atoms with Gasteiger partial charge in [0.25, 0.3) is 0 Å². The van der Waals surface area contributed by atoms with Gasteiger partial charge in [-0.05, 0) is 57.2 Å². The molecule has 2 heteroatoms. The molecule has 1 aromatic rings. The fourth-order valence-corrected chi connectivity index (χ4v) is 2.76. The van der Waals surface area contributed by atoms with Gasteiger partial charge in [0.05, 0.1) is 0 Å². The van der Waals surface area contributed by atoms with Crippen molar-refractivity contribution in [2.24, 2.45) is 5.92 Å². The van der Waals surface area contributed by atoms with Crippen molar-refractivity contribution >= 4 is 5.69 Å². The van der Waals surface area contributed by atoms with Crippen LogP contribution in [0, 0.1) is 5.92 Å². The molecule has 0 heterocycles. The molecule has 0 aliphatic heterocycles. The second kappa shape index (κ2) is 6.42. The highest BCUT2D eigenvalue weighted by Crippen LogP contribution is 2.37. The van der Waals surface area contributed by atoms with Crippen molar-refractivity contribution in [3.05, 3.63) is 29.8 Å². The highest BCUT2D eigenvalue weighted by atomic mass is 15.1. The summed E-state index contributed by atoms with van der Waals surface area (Å²) in [4.78, 5) is 2.47. The number of hydrogen-bond acceptors (Lipinski definition) is 2. The normalized spacial score (nSPS) is 18.1. The fourth-order valence-electron chi connectivity index (χ4n) is 2.76. The third-order valence-electron chi connectivity index (χ3n) is 4.40. The molecular weight excluding hydrogens is 232 g/mol. The number of nitrogens with one attached hydrogen (secondary N) is 1. The van der Waals surface area contributed by atoms with Crippen molar-refractivity contribution in [2.75, 3.05) is 18.5 Å². The van der Waals surface area contributed by atoms with E-state index < -0.39 is 0 Å². The summed E-state index contributed by atoms with van der Waals surface area (Å²) in [5, 5.41) is 3.60. The molecule has 19 heavy (non-hydrogen) atoms. The SMILES string of the molecule is CCCNC(C)c1ccccc1N(C)C(C)C1CC1. The van der Waals surface area contributed by atoms with E-state index in [1.54, 1.807) is 0 Å². The predicted molar refractivity (Wildman–Crippen MR) is 83.7 cm³/mol. The molecule has 1 aliphatic rings.